The molecule has 0 aliphatic carbocycles. The van der Waals surface area contributed by atoms with Crippen LogP contribution in [0.25, 0.3) is 6.08 Å². The minimum atomic E-state index is -0.653. The van der Waals surface area contributed by atoms with E-state index in [2.05, 4.69) is 5.32 Å². The first-order chi connectivity index (χ1) is 16.1. The number of ether oxygens (including phenoxy) is 2. The Kier molecular flexibility index (Phi) is 8.36. The number of hydrogen-bond donors (Lipinski definition) is 1. The van der Waals surface area contributed by atoms with Crippen molar-refractivity contribution in [2.24, 2.45) is 0 Å². The largest absolute Gasteiger partial charge is 0.484 e. The van der Waals surface area contributed by atoms with Crippen molar-refractivity contribution in [1.82, 2.24) is 4.90 Å². The second-order valence-corrected chi connectivity index (χ2v) is 9.08. The first-order valence-corrected chi connectivity index (χ1v) is 11.6. The second kappa shape index (κ2) is 11.2. The molecule has 1 aliphatic heterocycles. The topological polar surface area (TPSA) is 102 Å². The minimum Gasteiger partial charge on any atom is -0.484 e. The van der Waals surface area contributed by atoms with Crippen LogP contribution in [0.1, 0.15) is 25.0 Å². The monoisotopic (exact) mass is 502 g/mol. The van der Waals surface area contributed by atoms with E-state index in [0.717, 1.165) is 22.2 Å². The van der Waals surface area contributed by atoms with Gasteiger partial charge < -0.3 is 14.8 Å². The highest BCUT2D eigenvalue weighted by Gasteiger charge is 2.36. The van der Waals surface area contributed by atoms with Gasteiger partial charge in [0.15, 0.2) is 6.61 Å². The molecule has 0 bridgehead atoms. The van der Waals surface area contributed by atoms with Crippen molar-refractivity contribution in [3.05, 3.63) is 63.5 Å². The smallest absolute Gasteiger partial charge is 0.326 e. The molecule has 0 aromatic heterocycles. The van der Waals surface area contributed by atoms with E-state index in [9.17, 15) is 19.2 Å². The predicted molar refractivity (Wildman–Crippen MR) is 131 cm³/mol. The summed E-state index contributed by atoms with van der Waals surface area (Å²) in [6.45, 7) is 4.56. The summed E-state index contributed by atoms with van der Waals surface area (Å²) in [5.74, 6) is -1.18. The lowest BCUT2D eigenvalue weighted by Gasteiger charge is -2.13. The molecule has 0 unspecified atom stereocenters. The van der Waals surface area contributed by atoms with Crippen LogP contribution in [0.5, 0.6) is 5.75 Å². The Bertz CT molecular complexity index is 1160. The highest BCUT2D eigenvalue weighted by molar-refractivity contribution is 8.18. The van der Waals surface area contributed by atoms with Crippen LogP contribution in [0.15, 0.2) is 47.4 Å². The van der Waals surface area contributed by atoms with Crippen LogP contribution in [0.2, 0.25) is 5.02 Å². The van der Waals surface area contributed by atoms with Gasteiger partial charge in [-0.2, -0.15) is 0 Å². The number of anilines is 1. The zero-order chi connectivity index (χ0) is 24.8. The van der Waals surface area contributed by atoms with Crippen molar-refractivity contribution in [3.63, 3.8) is 0 Å². The summed E-state index contributed by atoms with van der Waals surface area (Å²) >= 11 is 6.81. The average Bonchev–Trinajstić information content (AvgIpc) is 3.02. The molecule has 3 rings (SSSR count). The third-order valence-corrected chi connectivity index (χ3v) is 5.82. The van der Waals surface area contributed by atoms with Gasteiger partial charge in [-0.05, 0) is 74.0 Å². The van der Waals surface area contributed by atoms with Crippen LogP contribution in [-0.2, 0) is 19.1 Å². The maximum atomic E-state index is 12.6. The molecule has 0 spiro atoms. The van der Waals surface area contributed by atoms with Crippen molar-refractivity contribution in [2.45, 2.75) is 26.9 Å². The number of amides is 3. The summed E-state index contributed by atoms with van der Waals surface area (Å²) in [5, 5.41) is 2.71. The Morgan fingerprint density at radius 1 is 1.18 bits per heavy atom. The summed E-state index contributed by atoms with van der Waals surface area (Å²) in [5.41, 5.74) is 2.06. The lowest BCUT2D eigenvalue weighted by molar-refractivity contribution is -0.149. The van der Waals surface area contributed by atoms with Gasteiger partial charge in [0.05, 0.1) is 11.0 Å². The van der Waals surface area contributed by atoms with Crippen molar-refractivity contribution in [1.29, 1.82) is 0 Å². The molecule has 1 N–H and O–H groups in total. The lowest BCUT2D eigenvalue weighted by atomic mass is 10.2. The first-order valence-electron chi connectivity index (χ1n) is 10.4. The van der Waals surface area contributed by atoms with E-state index in [1.165, 1.54) is 6.08 Å². The Morgan fingerprint density at radius 3 is 2.65 bits per heavy atom. The van der Waals surface area contributed by atoms with Gasteiger partial charge in [0.1, 0.15) is 12.3 Å². The Morgan fingerprint density at radius 2 is 1.94 bits per heavy atom. The number of nitrogens with one attached hydrogen (secondary N) is 1. The van der Waals surface area contributed by atoms with Crippen LogP contribution in [0.4, 0.5) is 10.5 Å². The zero-order valence-corrected chi connectivity index (χ0v) is 20.4. The van der Waals surface area contributed by atoms with Crippen LogP contribution in [0.3, 0.4) is 0 Å². The van der Waals surface area contributed by atoms with E-state index in [1.807, 2.05) is 6.92 Å². The van der Waals surface area contributed by atoms with Crippen LogP contribution in [-0.4, -0.2) is 47.2 Å². The molecule has 3 amide bonds. The van der Waals surface area contributed by atoms with Gasteiger partial charge in [-0.15, -0.1) is 0 Å². The van der Waals surface area contributed by atoms with Crippen molar-refractivity contribution < 1.29 is 28.7 Å². The molecule has 0 radical (unpaired) electrons. The highest BCUT2D eigenvalue weighted by atomic mass is 35.5. The summed E-state index contributed by atoms with van der Waals surface area (Å²) in [7, 11) is 0. The van der Waals surface area contributed by atoms with Crippen molar-refractivity contribution >= 4 is 58.1 Å². The van der Waals surface area contributed by atoms with E-state index < -0.39 is 23.7 Å². The molecule has 1 fully saturated rings. The number of hydrogen-bond acceptors (Lipinski definition) is 7. The van der Waals surface area contributed by atoms with Gasteiger partial charge >= 0.3 is 5.97 Å². The maximum absolute atomic E-state index is 12.6. The number of benzene rings is 2. The summed E-state index contributed by atoms with van der Waals surface area (Å²) in [4.78, 5) is 49.8. The zero-order valence-electron chi connectivity index (χ0n) is 18.8. The fourth-order valence-electron chi connectivity index (χ4n) is 2.93. The molecule has 34 heavy (non-hydrogen) atoms. The second-order valence-electron chi connectivity index (χ2n) is 7.68. The molecule has 1 heterocycles. The van der Waals surface area contributed by atoms with Gasteiger partial charge in [-0.3, -0.25) is 24.1 Å². The SMILES string of the molecule is Cc1ccc(NC(=O)COc2cccc(/C=C3\SC(=O)N(CC(=O)OC(C)C)C3=O)c2)cc1Cl. The molecule has 0 saturated carbocycles. The Hall–Kier alpha value is -3.30. The van der Waals surface area contributed by atoms with E-state index in [1.54, 1.807) is 56.3 Å². The molecule has 178 valence electrons. The standard InChI is InChI=1S/C24H23ClN2O6S/c1-14(2)33-22(29)12-27-23(30)20(34-24(27)31)10-16-5-4-6-18(9-16)32-13-21(28)26-17-8-7-15(3)19(25)11-17/h4-11,14H,12-13H2,1-3H3,(H,26,28)/b20-10-. The summed E-state index contributed by atoms with van der Waals surface area (Å²) in [6, 6.07) is 11.9. The van der Waals surface area contributed by atoms with Gasteiger partial charge in [0.25, 0.3) is 17.1 Å². The van der Waals surface area contributed by atoms with E-state index in [0.29, 0.717) is 22.0 Å². The number of carbonyl (C=O) groups is 4. The molecular formula is C24H23ClN2O6S. The van der Waals surface area contributed by atoms with Crippen molar-refractivity contribution in [2.75, 3.05) is 18.5 Å². The Balaban J connectivity index is 1.60. The lowest BCUT2D eigenvalue weighted by Crippen LogP contribution is -2.35. The summed E-state index contributed by atoms with van der Waals surface area (Å²) in [6.07, 6.45) is 1.18. The molecule has 1 saturated heterocycles. The number of carbonyl (C=O) groups excluding carboxylic acids is 4. The number of nitrogens with zero attached hydrogens (tertiary/aromatic N) is 1. The average molecular weight is 503 g/mol. The third kappa shape index (κ3) is 6.85. The molecule has 1 aliphatic rings. The van der Waals surface area contributed by atoms with Gasteiger partial charge in [0, 0.05) is 10.7 Å². The number of imide groups is 1. The van der Waals surface area contributed by atoms with Crippen LogP contribution in [0, 0.1) is 6.92 Å². The number of rotatable bonds is 8. The maximum Gasteiger partial charge on any atom is 0.326 e. The molecule has 2 aromatic rings. The summed E-state index contributed by atoms with van der Waals surface area (Å²) < 4.78 is 10.6. The molecule has 0 atom stereocenters. The Labute approximate surface area is 206 Å². The predicted octanol–water partition coefficient (Wildman–Crippen LogP) is 4.65. The molecule has 2 aromatic carbocycles. The quantitative estimate of drug-likeness (QED) is 0.414. The van der Waals surface area contributed by atoms with Gasteiger partial charge in [0.2, 0.25) is 0 Å². The molecule has 8 nitrogen and oxygen atoms in total. The number of aryl methyl sites for hydroxylation is 1. The van der Waals surface area contributed by atoms with E-state index in [4.69, 9.17) is 21.1 Å². The van der Waals surface area contributed by atoms with E-state index in [-0.39, 0.29) is 23.5 Å². The van der Waals surface area contributed by atoms with Crippen LogP contribution >= 0.6 is 23.4 Å². The third-order valence-electron chi connectivity index (χ3n) is 4.51. The van der Waals surface area contributed by atoms with E-state index >= 15 is 0 Å². The normalized spacial score (nSPS) is 14.6. The van der Waals surface area contributed by atoms with Crippen molar-refractivity contribution in [3.8, 4) is 5.75 Å². The number of thioether (sulfide) groups is 1. The molecular weight excluding hydrogens is 480 g/mol. The van der Waals surface area contributed by atoms with Gasteiger partial charge in [-0.1, -0.05) is 29.8 Å². The first kappa shape index (κ1) is 25.3. The number of esters is 1. The minimum absolute atomic E-state index is 0.175. The fraction of sp³-hybridized carbons (Fsp3) is 0.250. The highest BCUT2D eigenvalue weighted by Crippen LogP contribution is 2.32. The van der Waals surface area contributed by atoms with Crippen LogP contribution < -0.4 is 10.1 Å². The number of halogens is 1. The fourth-order valence-corrected chi connectivity index (χ4v) is 3.95. The van der Waals surface area contributed by atoms with Gasteiger partial charge in [-0.25, -0.2) is 0 Å². The molecule has 10 heteroatoms.